The van der Waals surface area contributed by atoms with Crippen LogP contribution in [0.15, 0.2) is 48.5 Å². The number of carbonyl (C=O) groups excluding carboxylic acids is 1. The number of quaternary nitrogens is 1. The molecule has 150 valence electrons. The average Bonchev–Trinajstić information content (AvgIpc) is 2.69. The smallest absolute Gasteiger partial charge is 0.319 e. The maximum atomic E-state index is 12.4. The monoisotopic (exact) mass is 403 g/mol. The van der Waals surface area contributed by atoms with Gasteiger partial charge >= 0.3 is 6.03 Å². The van der Waals surface area contributed by atoms with Crippen LogP contribution in [0.1, 0.15) is 11.6 Å². The highest BCUT2D eigenvalue weighted by atomic mass is 35.5. The Morgan fingerprint density at radius 1 is 1.18 bits per heavy atom. The fourth-order valence-electron chi connectivity index (χ4n) is 3.42. The SMILES string of the molecule is CN(C)c1ccc([C@H](CNC(=O)Nc2cccc(Cl)c2)[NH+]2CCOCC2)cc1. The first-order valence-corrected chi connectivity index (χ1v) is 9.91. The molecular weight excluding hydrogens is 376 g/mol. The second kappa shape index (κ2) is 9.78. The van der Waals surface area contributed by atoms with Crippen molar-refractivity contribution in [2.24, 2.45) is 0 Å². The Labute approximate surface area is 171 Å². The standard InChI is InChI=1S/C21H27ClN4O2/c1-25(2)19-8-6-16(7-9-19)20(26-10-12-28-13-11-26)15-23-21(27)24-18-5-3-4-17(22)14-18/h3-9,14,20H,10-13,15H2,1-2H3,(H2,23,24,27)/p+1/t20-/m0/s1. The third-order valence-electron chi connectivity index (χ3n) is 4.99. The van der Waals surface area contributed by atoms with Gasteiger partial charge in [0.15, 0.2) is 0 Å². The van der Waals surface area contributed by atoms with E-state index in [1.54, 1.807) is 12.1 Å². The van der Waals surface area contributed by atoms with Gasteiger partial charge in [0.25, 0.3) is 0 Å². The zero-order chi connectivity index (χ0) is 19.9. The molecule has 0 aromatic heterocycles. The Bertz CT molecular complexity index is 776. The summed E-state index contributed by atoms with van der Waals surface area (Å²) in [6, 6.07) is 15.6. The van der Waals surface area contributed by atoms with E-state index in [-0.39, 0.29) is 12.1 Å². The van der Waals surface area contributed by atoms with E-state index < -0.39 is 0 Å². The molecule has 7 heteroatoms. The van der Waals surface area contributed by atoms with Crippen molar-refractivity contribution in [1.29, 1.82) is 0 Å². The number of morpholine rings is 1. The fraction of sp³-hybridized carbons (Fsp3) is 0.381. The number of rotatable bonds is 6. The summed E-state index contributed by atoms with van der Waals surface area (Å²) in [4.78, 5) is 15.9. The third-order valence-corrected chi connectivity index (χ3v) is 5.22. The van der Waals surface area contributed by atoms with Crippen LogP contribution in [-0.4, -0.2) is 53.0 Å². The fourth-order valence-corrected chi connectivity index (χ4v) is 3.61. The van der Waals surface area contributed by atoms with Crippen molar-refractivity contribution >= 4 is 29.0 Å². The lowest BCUT2D eigenvalue weighted by molar-refractivity contribution is -0.937. The minimum atomic E-state index is -0.232. The van der Waals surface area contributed by atoms with E-state index in [2.05, 4.69) is 39.8 Å². The molecule has 1 atom stereocenters. The highest BCUT2D eigenvalue weighted by molar-refractivity contribution is 6.30. The van der Waals surface area contributed by atoms with E-state index in [0.29, 0.717) is 17.3 Å². The predicted molar refractivity (Wildman–Crippen MR) is 113 cm³/mol. The van der Waals surface area contributed by atoms with Crippen LogP contribution in [0, 0.1) is 0 Å². The summed E-state index contributed by atoms with van der Waals surface area (Å²) in [7, 11) is 4.06. The molecule has 1 aliphatic rings. The number of nitrogens with one attached hydrogen (secondary N) is 3. The first-order valence-electron chi connectivity index (χ1n) is 9.53. The number of hydrogen-bond acceptors (Lipinski definition) is 3. The minimum Gasteiger partial charge on any atom is -0.378 e. The molecule has 1 heterocycles. The number of urea groups is 1. The lowest BCUT2D eigenvalue weighted by Crippen LogP contribution is -3.15. The van der Waals surface area contributed by atoms with E-state index in [4.69, 9.17) is 16.3 Å². The number of halogens is 1. The van der Waals surface area contributed by atoms with Gasteiger partial charge in [-0.15, -0.1) is 0 Å². The molecule has 2 aromatic carbocycles. The summed E-state index contributed by atoms with van der Waals surface area (Å²) in [5.41, 5.74) is 3.05. The van der Waals surface area contributed by atoms with Crippen molar-refractivity contribution in [2.75, 3.05) is 57.2 Å². The molecule has 0 bridgehead atoms. The van der Waals surface area contributed by atoms with E-state index in [1.165, 1.54) is 10.5 Å². The Morgan fingerprint density at radius 3 is 2.54 bits per heavy atom. The van der Waals surface area contributed by atoms with Crippen molar-refractivity contribution in [1.82, 2.24) is 5.32 Å². The zero-order valence-corrected chi connectivity index (χ0v) is 17.1. The second-order valence-electron chi connectivity index (χ2n) is 7.15. The molecule has 0 spiro atoms. The first-order chi connectivity index (χ1) is 13.5. The quantitative estimate of drug-likeness (QED) is 0.693. The number of nitrogens with zero attached hydrogens (tertiary/aromatic N) is 1. The van der Waals surface area contributed by atoms with Crippen LogP contribution >= 0.6 is 11.6 Å². The largest absolute Gasteiger partial charge is 0.378 e. The molecule has 2 amide bonds. The molecule has 0 aliphatic carbocycles. The summed E-state index contributed by atoms with van der Waals surface area (Å²) in [5.74, 6) is 0. The van der Waals surface area contributed by atoms with Gasteiger partial charge in [0.1, 0.15) is 19.1 Å². The molecule has 0 radical (unpaired) electrons. The van der Waals surface area contributed by atoms with Crippen LogP contribution in [0.25, 0.3) is 0 Å². The molecule has 1 aliphatic heterocycles. The molecule has 0 saturated carbocycles. The van der Waals surface area contributed by atoms with Gasteiger partial charge in [0, 0.05) is 36.1 Å². The Hall–Kier alpha value is -2.28. The summed E-state index contributed by atoms with van der Waals surface area (Å²) >= 11 is 5.98. The van der Waals surface area contributed by atoms with Crippen molar-refractivity contribution in [3.05, 3.63) is 59.1 Å². The number of benzene rings is 2. The van der Waals surface area contributed by atoms with E-state index >= 15 is 0 Å². The van der Waals surface area contributed by atoms with E-state index in [1.807, 2.05) is 26.2 Å². The Morgan fingerprint density at radius 2 is 1.89 bits per heavy atom. The first kappa shape index (κ1) is 20.5. The lowest BCUT2D eigenvalue weighted by atomic mass is 10.0. The maximum absolute atomic E-state index is 12.4. The molecule has 3 rings (SSSR count). The van der Waals surface area contributed by atoms with Crippen LogP contribution in [0.5, 0.6) is 0 Å². The van der Waals surface area contributed by atoms with Crippen LogP contribution in [0.4, 0.5) is 16.2 Å². The minimum absolute atomic E-state index is 0.172. The van der Waals surface area contributed by atoms with E-state index in [0.717, 1.165) is 32.0 Å². The summed E-state index contributed by atoms with van der Waals surface area (Å²) in [6.07, 6.45) is 0. The van der Waals surface area contributed by atoms with Gasteiger partial charge in [-0.25, -0.2) is 4.79 Å². The second-order valence-corrected chi connectivity index (χ2v) is 7.59. The zero-order valence-electron chi connectivity index (χ0n) is 16.4. The number of amides is 2. The number of anilines is 2. The van der Waals surface area contributed by atoms with E-state index in [9.17, 15) is 4.79 Å². The molecule has 3 N–H and O–H groups in total. The maximum Gasteiger partial charge on any atom is 0.319 e. The van der Waals surface area contributed by atoms with Gasteiger partial charge < -0.3 is 25.2 Å². The number of carbonyl (C=O) groups is 1. The number of ether oxygens (including phenoxy) is 1. The van der Waals surface area contributed by atoms with Crippen LogP contribution < -0.4 is 20.4 Å². The summed E-state index contributed by atoms with van der Waals surface area (Å²) < 4.78 is 5.51. The number of hydrogen-bond donors (Lipinski definition) is 3. The van der Waals surface area contributed by atoms with Crippen LogP contribution in [-0.2, 0) is 4.74 Å². The van der Waals surface area contributed by atoms with Crippen molar-refractivity contribution < 1.29 is 14.4 Å². The van der Waals surface area contributed by atoms with Gasteiger partial charge in [-0.2, -0.15) is 0 Å². The van der Waals surface area contributed by atoms with Gasteiger partial charge in [0.2, 0.25) is 0 Å². The van der Waals surface area contributed by atoms with Gasteiger partial charge in [-0.05, 0) is 30.3 Å². The van der Waals surface area contributed by atoms with Crippen molar-refractivity contribution in [3.8, 4) is 0 Å². The third kappa shape index (κ3) is 5.61. The summed E-state index contributed by atoms with van der Waals surface area (Å²) in [5, 5.41) is 6.45. The molecule has 1 fully saturated rings. The highest BCUT2D eigenvalue weighted by Crippen LogP contribution is 2.17. The lowest BCUT2D eigenvalue weighted by Gasteiger charge is -2.32. The highest BCUT2D eigenvalue weighted by Gasteiger charge is 2.27. The Kier molecular flexibility index (Phi) is 7.14. The van der Waals surface area contributed by atoms with Gasteiger partial charge in [0.05, 0.1) is 19.8 Å². The predicted octanol–water partition coefficient (Wildman–Crippen LogP) is 2.18. The van der Waals surface area contributed by atoms with Crippen LogP contribution in [0.3, 0.4) is 0 Å². The van der Waals surface area contributed by atoms with Gasteiger partial charge in [-0.3, -0.25) is 0 Å². The Balaban J connectivity index is 1.67. The van der Waals surface area contributed by atoms with Crippen molar-refractivity contribution in [3.63, 3.8) is 0 Å². The molecule has 0 unspecified atom stereocenters. The molecule has 2 aromatic rings. The average molecular weight is 404 g/mol. The molecule has 28 heavy (non-hydrogen) atoms. The normalized spacial score (nSPS) is 15.7. The van der Waals surface area contributed by atoms with Gasteiger partial charge in [-0.1, -0.05) is 29.8 Å². The van der Waals surface area contributed by atoms with Crippen molar-refractivity contribution in [2.45, 2.75) is 6.04 Å². The molecule has 6 nitrogen and oxygen atoms in total. The summed E-state index contributed by atoms with van der Waals surface area (Å²) in [6.45, 7) is 3.89. The molecular formula is C21H28ClN4O2+. The topological polar surface area (TPSA) is 58.0 Å². The van der Waals surface area contributed by atoms with Crippen LogP contribution in [0.2, 0.25) is 5.02 Å². The molecule has 1 saturated heterocycles.